The van der Waals surface area contributed by atoms with Gasteiger partial charge in [-0.25, -0.2) is 4.79 Å². The first-order chi connectivity index (χ1) is 12.2. The van der Waals surface area contributed by atoms with E-state index in [1.54, 1.807) is 24.3 Å². The van der Waals surface area contributed by atoms with Gasteiger partial charge in [0.1, 0.15) is 5.75 Å². The SMILES string of the molecule is COc1ccccc1NC(=O)COC(=O)c1ccc2c(c1)CCCC2. The fourth-order valence-corrected chi connectivity index (χ4v) is 3.01. The molecule has 1 amide bonds. The van der Waals surface area contributed by atoms with Crippen LogP contribution >= 0.6 is 0 Å². The maximum absolute atomic E-state index is 12.2. The van der Waals surface area contributed by atoms with Gasteiger partial charge in [0.2, 0.25) is 0 Å². The molecule has 5 heteroatoms. The standard InChI is InChI=1S/C20H21NO4/c1-24-18-9-5-4-8-17(18)21-19(22)13-25-20(23)16-11-10-14-6-2-3-7-15(14)12-16/h4-5,8-12H,2-3,6-7,13H2,1H3,(H,21,22). The molecule has 25 heavy (non-hydrogen) atoms. The number of esters is 1. The van der Waals surface area contributed by atoms with Crippen molar-refractivity contribution in [1.82, 2.24) is 0 Å². The van der Waals surface area contributed by atoms with Gasteiger partial charge in [0.25, 0.3) is 5.91 Å². The average Bonchev–Trinajstić information content (AvgIpc) is 2.66. The lowest BCUT2D eigenvalue weighted by Gasteiger charge is -2.16. The quantitative estimate of drug-likeness (QED) is 0.848. The van der Waals surface area contributed by atoms with E-state index in [0.29, 0.717) is 17.0 Å². The summed E-state index contributed by atoms with van der Waals surface area (Å²) in [6.07, 6.45) is 4.39. The Labute approximate surface area is 147 Å². The molecule has 2 aromatic carbocycles. The second-order valence-corrected chi connectivity index (χ2v) is 6.02. The van der Waals surface area contributed by atoms with Gasteiger partial charge in [0.05, 0.1) is 18.4 Å². The van der Waals surface area contributed by atoms with Gasteiger partial charge in [-0.3, -0.25) is 4.79 Å². The van der Waals surface area contributed by atoms with E-state index in [9.17, 15) is 9.59 Å². The third kappa shape index (κ3) is 4.18. The Bertz CT molecular complexity index is 785. The number of methoxy groups -OCH3 is 1. The number of anilines is 1. The van der Waals surface area contributed by atoms with E-state index in [4.69, 9.17) is 9.47 Å². The summed E-state index contributed by atoms with van der Waals surface area (Å²) in [7, 11) is 1.53. The lowest BCUT2D eigenvalue weighted by molar-refractivity contribution is -0.119. The van der Waals surface area contributed by atoms with Gasteiger partial charge in [-0.05, 0) is 61.1 Å². The van der Waals surface area contributed by atoms with Gasteiger partial charge in [-0.2, -0.15) is 0 Å². The second kappa shape index (κ2) is 7.83. The van der Waals surface area contributed by atoms with E-state index < -0.39 is 11.9 Å². The average molecular weight is 339 g/mol. The molecule has 5 nitrogen and oxygen atoms in total. The van der Waals surface area contributed by atoms with Crippen molar-refractivity contribution in [3.05, 3.63) is 59.2 Å². The normalized spacial score (nSPS) is 12.8. The molecule has 0 fully saturated rings. The molecule has 0 unspecified atom stereocenters. The number of benzene rings is 2. The van der Waals surface area contributed by atoms with Crippen molar-refractivity contribution in [3.63, 3.8) is 0 Å². The van der Waals surface area contributed by atoms with Crippen molar-refractivity contribution in [3.8, 4) is 5.75 Å². The first-order valence-electron chi connectivity index (χ1n) is 8.39. The molecule has 0 bridgehead atoms. The van der Waals surface area contributed by atoms with Crippen molar-refractivity contribution in [1.29, 1.82) is 0 Å². The number of carbonyl (C=O) groups is 2. The molecule has 130 valence electrons. The maximum atomic E-state index is 12.2. The third-order valence-corrected chi connectivity index (χ3v) is 4.30. The topological polar surface area (TPSA) is 64.6 Å². The zero-order valence-corrected chi connectivity index (χ0v) is 14.2. The zero-order valence-electron chi connectivity index (χ0n) is 14.2. The molecular weight excluding hydrogens is 318 g/mol. The number of fused-ring (bicyclic) bond motifs is 1. The number of hydrogen-bond acceptors (Lipinski definition) is 4. The van der Waals surface area contributed by atoms with Crippen LogP contribution in [0.5, 0.6) is 5.75 Å². The first kappa shape index (κ1) is 17.0. The lowest BCUT2D eigenvalue weighted by Crippen LogP contribution is -2.21. The van der Waals surface area contributed by atoms with Gasteiger partial charge in [0, 0.05) is 0 Å². The van der Waals surface area contributed by atoms with Crippen LogP contribution in [0.25, 0.3) is 0 Å². The van der Waals surface area contributed by atoms with Crippen LogP contribution in [-0.2, 0) is 22.4 Å². The fourth-order valence-electron chi connectivity index (χ4n) is 3.01. The summed E-state index contributed by atoms with van der Waals surface area (Å²) in [5, 5.41) is 2.68. The second-order valence-electron chi connectivity index (χ2n) is 6.02. The van der Waals surface area contributed by atoms with Crippen molar-refractivity contribution in [2.75, 3.05) is 19.0 Å². The molecule has 1 aliphatic carbocycles. The van der Waals surface area contributed by atoms with E-state index in [-0.39, 0.29) is 6.61 Å². The smallest absolute Gasteiger partial charge is 0.338 e. The number of nitrogens with one attached hydrogen (secondary N) is 1. The molecule has 1 N–H and O–H groups in total. The number of para-hydroxylation sites is 2. The third-order valence-electron chi connectivity index (χ3n) is 4.30. The minimum Gasteiger partial charge on any atom is -0.495 e. The molecule has 3 rings (SSSR count). The first-order valence-corrected chi connectivity index (χ1v) is 8.39. The van der Waals surface area contributed by atoms with Gasteiger partial charge < -0.3 is 14.8 Å². The molecule has 0 saturated carbocycles. The van der Waals surface area contributed by atoms with E-state index >= 15 is 0 Å². The number of ether oxygens (including phenoxy) is 2. The molecule has 0 saturated heterocycles. The molecule has 0 heterocycles. The number of rotatable bonds is 5. The van der Waals surface area contributed by atoms with Crippen molar-refractivity contribution < 1.29 is 19.1 Å². The number of amides is 1. The Kier molecular flexibility index (Phi) is 5.33. The van der Waals surface area contributed by atoms with Gasteiger partial charge >= 0.3 is 5.97 Å². The Morgan fingerprint density at radius 1 is 1.04 bits per heavy atom. The predicted octanol–water partition coefficient (Wildman–Crippen LogP) is 3.37. The number of carbonyl (C=O) groups excluding carboxylic acids is 2. The highest BCUT2D eigenvalue weighted by atomic mass is 16.5. The monoisotopic (exact) mass is 339 g/mol. The Morgan fingerprint density at radius 3 is 2.60 bits per heavy atom. The summed E-state index contributed by atoms with van der Waals surface area (Å²) in [4.78, 5) is 24.2. The predicted molar refractivity (Wildman–Crippen MR) is 95.0 cm³/mol. The maximum Gasteiger partial charge on any atom is 0.338 e. The van der Waals surface area contributed by atoms with Crippen LogP contribution < -0.4 is 10.1 Å². The molecular formula is C20H21NO4. The Hall–Kier alpha value is -2.82. The summed E-state index contributed by atoms with van der Waals surface area (Å²) >= 11 is 0. The molecule has 1 aliphatic rings. The van der Waals surface area contributed by atoms with Gasteiger partial charge in [-0.1, -0.05) is 18.2 Å². The highest BCUT2D eigenvalue weighted by Gasteiger charge is 2.15. The number of hydrogen-bond donors (Lipinski definition) is 1. The number of aryl methyl sites for hydroxylation is 2. The summed E-state index contributed by atoms with van der Waals surface area (Å²) in [5.74, 6) is -0.337. The minimum absolute atomic E-state index is 0.339. The lowest BCUT2D eigenvalue weighted by atomic mass is 9.90. The van der Waals surface area contributed by atoms with Gasteiger partial charge in [0.15, 0.2) is 6.61 Å². The summed E-state index contributed by atoms with van der Waals surface area (Å²) in [6, 6.07) is 12.7. The highest BCUT2D eigenvalue weighted by molar-refractivity contribution is 5.96. The molecule has 0 spiro atoms. The van der Waals surface area contributed by atoms with Crippen LogP contribution in [-0.4, -0.2) is 25.6 Å². The summed E-state index contributed by atoms with van der Waals surface area (Å²) in [5.41, 5.74) is 3.54. The van der Waals surface area contributed by atoms with Crippen molar-refractivity contribution in [2.24, 2.45) is 0 Å². The zero-order chi connectivity index (χ0) is 17.6. The van der Waals surface area contributed by atoms with Crippen LogP contribution in [0.15, 0.2) is 42.5 Å². The van der Waals surface area contributed by atoms with Crippen LogP contribution in [0.3, 0.4) is 0 Å². The van der Waals surface area contributed by atoms with Gasteiger partial charge in [-0.15, -0.1) is 0 Å². The van der Waals surface area contributed by atoms with Crippen LogP contribution in [0.1, 0.15) is 34.3 Å². The van der Waals surface area contributed by atoms with E-state index in [1.165, 1.54) is 24.7 Å². The van der Waals surface area contributed by atoms with Crippen molar-refractivity contribution >= 4 is 17.6 Å². The molecule has 0 aromatic heterocycles. The van der Waals surface area contributed by atoms with E-state index in [1.807, 2.05) is 18.2 Å². The largest absolute Gasteiger partial charge is 0.495 e. The fraction of sp³-hybridized carbons (Fsp3) is 0.300. The molecule has 0 radical (unpaired) electrons. The molecule has 0 aliphatic heterocycles. The summed E-state index contributed by atoms with van der Waals surface area (Å²) < 4.78 is 10.3. The van der Waals surface area contributed by atoms with Crippen LogP contribution in [0.2, 0.25) is 0 Å². The Balaban J connectivity index is 1.57. The van der Waals surface area contributed by atoms with Crippen molar-refractivity contribution in [2.45, 2.75) is 25.7 Å². The summed E-state index contributed by atoms with van der Waals surface area (Å²) in [6.45, 7) is -0.339. The van der Waals surface area contributed by atoms with Crippen LogP contribution in [0, 0.1) is 0 Å². The van der Waals surface area contributed by atoms with Crippen LogP contribution in [0.4, 0.5) is 5.69 Å². The highest BCUT2D eigenvalue weighted by Crippen LogP contribution is 2.23. The Morgan fingerprint density at radius 2 is 1.80 bits per heavy atom. The minimum atomic E-state index is -0.483. The van der Waals surface area contributed by atoms with E-state index in [2.05, 4.69) is 5.32 Å². The molecule has 2 aromatic rings. The molecule has 0 atom stereocenters. The van der Waals surface area contributed by atoms with E-state index in [0.717, 1.165) is 19.3 Å².